The highest BCUT2D eigenvalue weighted by molar-refractivity contribution is 5.80. The number of H-pyrrole nitrogens is 1. The second-order valence-corrected chi connectivity index (χ2v) is 3.76. The molecule has 0 bridgehead atoms. The normalized spacial score (nSPS) is 10.1. The summed E-state index contributed by atoms with van der Waals surface area (Å²) in [6.07, 6.45) is 3.72. The van der Waals surface area contributed by atoms with Crippen molar-refractivity contribution >= 4 is 11.6 Å². The van der Waals surface area contributed by atoms with Crippen molar-refractivity contribution in [2.24, 2.45) is 0 Å². The van der Waals surface area contributed by atoms with Gasteiger partial charge in [-0.3, -0.25) is 9.89 Å². The summed E-state index contributed by atoms with van der Waals surface area (Å²) in [6.45, 7) is 0.474. The number of hydrogen-bond acceptors (Lipinski definition) is 3. The van der Waals surface area contributed by atoms with Crippen LogP contribution in [-0.2, 0) is 17.8 Å². The van der Waals surface area contributed by atoms with Crippen molar-refractivity contribution in [3.8, 4) is 0 Å². The Morgan fingerprint density at radius 2 is 2.24 bits per heavy atom. The van der Waals surface area contributed by atoms with Crippen LogP contribution in [-0.4, -0.2) is 16.1 Å². The molecular weight excluding hydrogens is 216 g/mol. The third kappa shape index (κ3) is 3.07. The summed E-state index contributed by atoms with van der Waals surface area (Å²) in [4.78, 5) is 11.7. The van der Waals surface area contributed by atoms with E-state index >= 15 is 0 Å². The fraction of sp³-hybridized carbons (Fsp3) is 0.167. The number of carbonyl (C=O) groups is 1. The Morgan fingerprint density at radius 3 is 2.94 bits per heavy atom. The fourth-order valence-corrected chi connectivity index (χ4v) is 1.51. The Morgan fingerprint density at radius 1 is 1.41 bits per heavy atom. The van der Waals surface area contributed by atoms with Crippen molar-refractivity contribution in [1.82, 2.24) is 15.5 Å². The topological polar surface area (TPSA) is 83.8 Å². The van der Waals surface area contributed by atoms with Crippen molar-refractivity contribution in [2.75, 3.05) is 5.73 Å². The average Bonchev–Trinajstić information content (AvgIpc) is 2.82. The minimum atomic E-state index is -0.0518. The Hall–Kier alpha value is -2.30. The van der Waals surface area contributed by atoms with Crippen LogP contribution >= 0.6 is 0 Å². The van der Waals surface area contributed by atoms with Crippen LogP contribution in [0, 0.1) is 0 Å². The predicted molar refractivity (Wildman–Crippen MR) is 65.0 cm³/mol. The first-order chi connectivity index (χ1) is 8.25. The number of rotatable bonds is 4. The van der Waals surface area contributed by atoms with Crippen molar-refractivity contribution in [3.05, 3.63) is 47.8 Å². The largest absolute Gasteiger partial charge is 0.398 e. The molecule has 1 aromatic heterocycles. The first kappa shape index (κ1) is 11.2. The predicted octanol–water partition coefficient (Wildman–Crippen LogP) is 0.851. The molecule has 1 amide bonds. The van der Waals surface area contributed by atoms with Gasteiger partial charge in [0.25, 0.3) is 0 Å². The maximum Gasteiger partial charge on any atom is 0.224 e. The molecule has 0 saturated heterocycles. The lowest BCUT2D eigenvalue weighted by atomic mass is 10.1. The van der Waals surface area contributed by atoms with Gasteiger partial charge in [-0.25, -0.2) is 0 Å². The molecule has 1 heterocycles. The Bertz CT molecular complexity index is 493. The van der Waals surface area contributed by atoms with Gasteiger partial charge in [0.05, 0.1) is 12.6 Å². The summed E-state index contributed by atoms with van der Waals surface area (Å²) < 4.78 is 0. The van der Waals surface area contributed by atoms with Crippen LogP contribution in [0.4, 0.5) is 5.69 Å². The highest BCUT2D eigenvalue weighted by Crippen LogP contribution is 2.10. The van der Waals surface area contributed by atoms with Gasteiger partial charge in [0, 0.05) is 24.0 Å². The molecule has 4 N–H and O–H groups in total. The summed E-state index contributed by atoms with van der Waals surface area (Å²) >= 11 is 0. The lowest BCUT2D eigenvalue weighted by Gasteiger charge is -2.06. The van der Waals surface area contributed by atoms with Gasteiger partial charge in [-0.15, -0.1) is 0 Å². The van der Waals surface area contributed by atoms with Gasteiger partial charge >= 0.3 is 0 Å². The van der Waals surface area contributed by atoms with E-state index in [2.05, 4.69) is 15.5 Å². The second kappa shape index (κ2) is 5.16. The quantitative estimate of drug-likeness (QED) is 0.681. The maximum atomic E-state index is 11.7. The molecule has 0 atom stereocenters. The van der Waals surface area contributed by atoms with Gasteiger partial charge in [-0.05, 0) is 11.6 Å². The minimum Gasteiger partial charge on any atom is -0.398 e. The van der Waals surface area contributed by atoms with Gasteiger partial charge in [0.2, 0.25) is 5.91 Å². The van der Waals surface area contributed by atoms with E-state index in [4.69, 9.17) is 5.73 Å². The molecule has 1 aromatic carbocycles. The number of benzene rings is 1. The molecule has 0 spiro atoms. The lowest BCUT2D eigenvalue weighted by Crippen LogP contribution is -2.24. The van der Waals surface area contributed by atoms with E-state index in [1.165, 1.54) is 0 Å². The number of amides is 1. The Labute approximate surface area is 99.0 Å². The first-order valence-electron chi connectivity index (χ1n) is 5.33. The second-order valence-electron chi connectivity index (χ2n) is 3.76. The van der Waals surface area contributed by atoms with Gasteiger partial charge in [0.1, 0.15) is 0 Å². The standard InChI is InChI=1S/C12H14N4O/c13-11-4-2-1-3-10(11)5-12(17)14-6-9-7-15-16-8-9/h1-4,7-8H,5-6,13H2,(H,14,17)(H,15,16). The van der Waals surface area contributed by atoms with Gasteiger partial charge in [-0.2, -0.15) is 5.10 Å². The van der Waals surface area contributed by atoms with E-state index in [0.29, 0.717) is 18.7 Å². The number of nitrogens with one attached hydrogen (secondary N) is 2. The summed E-state index contributed by atoms with van der Waals surface area (Å²) in [5, 5.41) is 9.30. The molecule has 0 aliphatic carbocycles. The van der Waals surface area contributed by atoms with Crippen LogP contribution < -0.4 is 11.1 Å². The minimum absolute atomic E-state index is 0.0518. The summed E-state index contributed by atoms with van der Waals surface area (Å²) in [7, 11) is 0. The van der Waals surface area contributed by atoms with Crippen LogP contribution in [0.5, 0.6) is 0 Å². The van der Waals surface area contributed by atoms with Crippen molar-refractivity contribution in [3.63, 3.8) is 0 Å². The number of aromatic amines is 1. The third-order valence-corrected chi connectivity index (χ3v) is 2.45. The lowest BCUT2D eigenvalue weighted by molar-refractivity contribution is -0.120. The number of para-hydroxylation sites is 1. The molecule has 2 rings (SSSR count). The molecule has 5 nitrogen and oxygen atoms in total. The zero-order chi connectivity index (χ0) is 12.1. The molecule has 5 heteroatoms. The summed E-state index contributed by atoms with van der Waals surface area (Å²) in [5.41, 5.74) is 8.20. The fourth-order valence-electron chi connectivity index (χ4n) is 1.51. The van der Waals surface area contributed by atoms with Crippen LogP contribution in [0.2, 0.25) is 0 Å². The Kier molecular flexibility index (Phi) is 3.40. The molecule has 0 unspecified atom stereocenters. The maximum absolute atomic E-state index is 11.7. The molecule has 0 aliphatic rings. The van der Waals surface area contributed by atoms with E-state index in [9.17, 15) is 4.79 Å². The van der Waals surface area contributed by atoms with Crippen molar-refractivity contribution in [2.45, 2.75) is 13.0 Å². The molecule has 0 radical (unpaired) electrons. The van der Waals surface area contributed by atoms with E-state index in [1.807, 2.05) is 18.2 Å². The smallest absolute Gasteiger partial charge is 0.224 e. The summed E-state index contributed by atoms with van der Waals surface area (Å²) in [5.74, 6) is -0.0518. The number of hydrogen-bond donors (Lipinski definition) is 3. The van der Waals surface area contributed by atoms with E-state index < -0.39 is 0 Å². The SMILES string of the molecule is Nc1ccccc1CC(=O)NCc1cn[nH]c1. The molecule has 88 valence electrons. The number of aromatic nitrogens is 2. The molecule has 2 aromatic rings. The van der Waals surface area contributed by atoms with Crippen LogP contribution in [0.15, 0.2) is 36.7 Å². The zero-order valence-electron chi connectivity index (χ0n) is 9.31. The van der Waals surface area contributed by atoms with Crippen molar-refractivity contribution in [1.29, 1.82) is 0 Å². The number of nitrogens with two attached hydrogens (primary N) is 1. The summed E-state index contributed by atoms with van der Waals surface area (Å²) in [6, 6.07) is 7.36. The average molecular weight is 230 g/mol. The number of carbonyl (C=O) groups excluding carboxylic acids is 1. The third-order valence-electron chi connectivity index (χ3n) is 2.45. The van der Waals surface area contributed by atoms with Crippen molar-refractivity contribution < 1.29 is 4.79 Å². The molecule has 0 aliphatic heterocycles. The first-order valence-corrected chi connectivity index (χ1v) is 5.33. The van der Waals surface area contributed by atoms with E-state index in [1.54, 1.807) is 18.5 Å². The van der Waals surface area contributed by atoms with Gasteiger partial charge in [0.15, 0.2) is 0 Å². The number of nitrogens with zero attached hydrogens (tertiary/aromatic N) is 1. The molecular formula is C12H14N4O. The molecule has 0 saturated carbocycles. The highest BCUT2D eigenvalue weighted by atomic mass is 16.1. The monoisotopic (exact) mass is 230 g/mol. The van der Waals surface area contributed by atoms with E-state index in [0.717, 1.165) is 11.1 Å². The zero-order valence-corrected chi connectivity index (χ0v) is 9.31. The van der Waals surface area contributed by atoms with Gasteiger partial charge in [-0.1, -0.05) is 18.2 Å². The number of nitrogen functional groups attached to an aromatic ring is 1. The Balaban J connectivity index is 1.87. The van der Waals surface area contributed by atoms with E-state index in [-0.39, 0.29) is 5.91 Å². The van der Waals surface area contributed by atoms with Crippen LogP contribution in [0.1, 0.15) is 11.1 Å². The van der Waals surface area contributed by atoms with Crippen LogP contribution in [0.25, 0.3) is 0 Å². The molecule has 17 heavy (non-hydrogen) atoms. The highest BCUT2D eigenvalue weighted by Gasteiger charge is 2.05. The molecule has 0 fully saturated rings. The van der Waals surface area contributed by atoms with Crippen LogP contribution in [0.3, 0.4) is 0 Å². The van der Waals surface area contributed by atoms with Gasteiger partial charge < -0.3 is 11.1 Å². The number of anilines is 1.